The van der Waals surface area contributed by atoms with Crippen molar-refractivity contribution in [3.8, 4) is 0 Å². The molecule has 2 atom stereocenters. The first-order chi connectivity index (χ1) is 16.2. The van der Waals surface area contributed by atoms with Crippen LogP contribution in [0.4, 0.5) is 0 Å². The fraction of sp³-hybridized carbons (Fsp3) is 0.696. The van der Waals surface area contributed by atoms with E-state index in [1.165, 1.54) is 28.6 Å². The molecule has 2 aromatic rings. The summed E-state index contributed by atoms with van der Waals surface area (Å²) in [7, 11) is 0. The van der Waals surface area contributed by atoms with Gasteiger partial charge in [0.05, 0.1) is 36.7 Å². The molecule has 0 aromatic carbocycles. The summed E-state index contributed by atoms with van der Waals surface area (Å²) in [6, 6.07) is 0.288. The second kappa shape index (κ2) is 10.9. The summed E-state index contributed by atoms with van der Waals surface area (Å²) < 4.78 is 11.1. The third kappa shape index (κ3) is 5.45. The van der Waals surface area contributed by atoms with Gasteiger partial charge in [-0.3, -0.25) is 14.5 Å². The molecule has 2 aromatic heterocycles. The first kappa shape index (κ1) is 23.3. The Kier molecular flexibility index (Phi) is 7.66. The van der Waals surface area contributed by atoms with E-state index < -0.39 is 0 Å². The van der Waals surface area contributed by atoms with E-state index in [-0.39, 0.29) is 17.5 Å². The lowest BCUT2D eigenvalue weighted by Gasteiger charge is -2.37. The number of morpholine rings is 1. The number of hydrogen-bond donors (Lipinski definition) is 2. The van der Waals surface area contributed by atoms with E-state index in [2.05, 4.69) is 15.2 Å². The van der Waals surface area contributed by atoms with Crippen LogP contribution >= 0.6 is 23.1 Å². The number of hydrogen-bond acceptors (Lipinski definition) is 8. The molecule has 0 saturated carbocycles. The molecule has 2 fully saturated rings. The van der Waals surface area contributed by atoms with Crippen LogP contribution in [0.1, 0.15) is 35.5 Å². The predicted octanol–water partition coefficient (Wildman–Crippen LogP) is 1.95. The van der Waals surface area contributed by atoms with E-state index in [1.54, 1.807) is 11.3 Å². The number of ether oxygens (including phenoxy) is 2. The highest BCUT2D eigenvalue weighted by Gasteiger charge is 2.31. The molecule has 2 N–H and O–H groups in total. The Balaban J connectivity index is 1.14. The monoisotopic (exact) mass is 492 g/mol. The molecule has 180 valence electrons. The maximum Gasteiger partial charge on any atom is 0.259 e. The van der Waals surface area contributed by atoms with Crippen LogP contribution in [0.3, 0.4) is 0 Å². The quantitative estimate of drug-likeness (QED) is 0.581. The van der Waals surface area contributed by atoms with Crippen LogP contribution in [-0.4, -0.2) is 78.6 Å². The topological polar surface area (TPSA) is 96.5 Å². The summed E-state index contributed by atoms with van der Waals surface area (Å²) in [5.74, 6) is 1.99. The lowest BCUT2D eigenvalue weighted by Crippen LogP contribution is -2.52. The van der Waals surface area contributed by atoms with Crippen molar-refractivity contribution >= 4 is 39.2 Å². The Bertz CT molecular complexity index is 1030. The van der Waals surface area contributed by atoms with Crippen molar-refractivity contribution in [2.24, 2.45) is 5.92 Å². The Labute approximate surface area is 201 Å². The molecular formula is C23H32N4O4S2. The lowest BCUT2D eigenvalue weighted by atomic mass is 9.97. The molecular weight excluding hydrogens is 460 g/mol. The largest absolute Gasteiger partial charge is 0.381 e. The minimum atomic E-state index is -0.0356. The van der Waals surface area contributed by atoms with Crippen molar-refractivity contribution in [1.82, 2.24) is 20.2 Å². The van der Waals surface area contributed by atoms with Gasteiger partial charge in [-0.05, 0) is 37.7 Å². The number of nitrogens with one attached hydrogen (secondary N) is 2. The summed E-state index contributed by atoms with van der Waals surface area (Å²) in [6.45, 7) is 5.50. The number of thioether (sulfide) groups is 1. The number of aromatic amines is 1. The number of amides is 1. The normalized spacial score (nSPS) is 22.4. The number of carbonyl (C=O) groups is 1. The molecule has 5 rings (SSSR count). The zero-order valence-corrected chi connectivity index (χ0v) is 20.5. The Hall–Kier alpha value is -1.46. The van der Waals surface area contributed by atoms with E-state index >= 15 is 0 Å². The molecule has 4 heterocycles. The average molecular weight is 493 g/mol. The van der Waals surface area contributed by atoms with Gasteiger partial charge in [-0.15, -0.1) is 23.1 Å². The van der Waals surface area contributed by atoms with Crippen molar-refractivity contribution in [2.45, 2.75) is 43.9 Å². The highest BCUT2D eigenvalue weighted by molar-refractivity contribution is 7.99. The van der Waals surface area contributed by atoms with Gasteiger partial charge in [0.2, 0.25) is 5.91 Å². The molecule has 2 aliphatic heterocycles. The summed E-state index contributed by atoms with van der Waals surface area (Å²) in [5.41, 5.74) is 1.17. The summed E-state index contributed by atoms with van der Waals surface area (Å²) in [5, 5.41) is 3.91. The van der Waals surface area contributed by atoms with Gasteiger partial charge in [-0.1, -0.05) is 0 Å². The minimum Gasteiger partial charge on any atom is -0.381 e. The number of carbonyl (C=O) groups excluding carboxylic acids is 1. The van der Waals surface area contributed by atoms with Gasteiger partial charge >= 0.3 is 0 Å². The van der Waals surface area contributed by atoms with Gasteiger partial charge in [0, 0.05) is 43.1 Å². The highest BCUT2D eigenvalue weighted by Crippen LogP contribution is 2.33. The fourth-order valence-electron chi connectivity index (χ4n) is 5.15. The van der Waals surface area contributed by atoms with Crippen molar-refractivity contribution in [2.75, 3.05) is 51.8 Å². The molecule has 0 spiro atoms. The van der Waals surface area contributed by atoms with Gasteiger partial charge < -0.3 is 19.8 Å². The Morgan fingerprint density at radius 3 is 2.91 bits per heavy atom. The Morgan fingerprint density at radius 1 is 1.24 bits per heavy atom. The zero-order chi connectivity index (χ0) is 22.6. The molecule has 2 saturated heterocycles. The number of aromatic nitrogens is 2. The Morgan fingerprint density at radius 2 is 2.09 bits per heavy atom. The number of aryl methyl sites for hydroxylation is 2. The van der Waals surface area contributed by atoms with Crippen LogP contribution in [0.2, 0.25) is 0 Å². The molecule has 1 aliphatic carbocycles. The number of thiophene rings is 1. The fourth-order valence-corrected chi connectivity index (χ4v) is 7.15. The maximum absolute atomic E-state index is 12.7. The van der Waals surface area contributed by atoms with Crippen LogP contribution in [0.15, 0.2) is 4.79 Å². The molecule has 2 unspecified atom stereocenters. The van der Waals surface area contributed by atoms with Crippen molar-refractivity contribution in [1.29, 1.82) is 0 Å². The van der Waals surface area contributed by atoms with Gasteiger partial charge in [-0.25, -0.2) is 4.98 Å². The number of H-pyrrole nitrogens is 1. The number of fused-ring (bicyclic) bond motifs is 3. The van der Waals surface area contributed by atoms with Crippen LogP contribution in [0.5, 0.6) is 0 Å². The van der Waals surface area contributed by atoms with Crippen molar-refractivity contribution in [3.63, 3.8) is 0 Å². The van der Waals surface area contributed by atoms with Crippen LogP contribution < -0.4 is 10.9 Å². The molecule has 0 radical (unpaired) electrons. The molecule has 0 bridgehead atoms. The van der Waals surface area contributed by atoms with Crippen LogP contribution in [0, 0.1) is 5.92 Å². The first-order valence-corrected chi connectivity index (χ1v) is 13.9. The molecule has 3 aliphatic rings. The number of rotatable bonds is 8. The molecule has 10 heteroatoms. The minimum absolute atomic E-state index is 0.0205. The molecule has 33 heavy (non-hydrogen) atoms. The summed E-state index contributed by atoms with van der Waals surface area (Å²) >= 11 is 3.15. The van der Waals surface area contributed by atoms with Gasteiger partial charge in [-0.2, -0.15) is 0 Å². The second-order valence-electron chi connectivity index (χ2n) is 9.04. The predicted molar refractivity (Wildman–Crippen MR) is 131 cm³/mol. The summed E-state index contributed by atoms with van der Waals surface area (Å²) in [4.78, 5) is 37.5. The van der Waals surface area contributed by atoms with Gasteiger partial charge in [0.25, 0.3) is 5.56 Å². The zero-order valence-electron chi connectivity index (χ0n) is 18.9. The molecule has 1 amide bonds. The van der Waals surface area contributed by atoms with E-state index in [1.807, 2.05) is 0 Å². The third-order valence-electron chi connectivity index (χ3n) is 6.88. The number of nitrogens with zero attached hydrogens (tertiary/aromatic N) is 2. The van der Waals surface area contributed by atoms with E-state index in [0.29, 0.717) is 29.8 Å². The SMILES string of the molecule is O=C(CSCc1nc2sc3c(c2c(=O)[nH]1)CCCC3)NCC(C1CCOC1)N1CCOCC1. The third-order valence-corrected chi connectivity index (χ3v) is 9.01. The standard InChI is InChI=1S/C23H32N4O4S2/c28-20(24-11-17(15-5-8-31-12-15)27-6-9-30-10-7-27)14-32-13-19-25-22(29)21-16-3-1-2-4-18(16)33-23(21)26-19/h15,17H,1-14H2,(H,24,28)(H,25,26,29). The van der Waals surface area contributed by atoms with E-state index in [4.69, 9.17) is 14.5 Å². The van der Waals surface area contributed by atoms with E-state index in [0.717, 1.165) is 75.4 Å². The smallest absolute Gasteiger partial charge is 0.259 e. The van der Waals surface area contributed by atoms with Gasteiger partial charge in [0.1, 0.15) is 10.7 Å². The summed E-state index contributed by atoms with van der Waals surface area (Å²) in [6.07, 6.45) is 5.41. The van der Waals surface area contributed by atoms with E-state index in [9.17, 15) is 9.59 Å². The van der Waals surface area contributed by atoms with Crippen LogP contribution in [-0.2, 0) is 32.9 Å². The lowest BCUT2D eigenvalue weighted by molar-refractivity contribution is -0.119. The van der Waals surface area contributed by atoms with Crippen LogP contribution in [0.25, 0.3) is 10.2 Å². The highest BCUT2D eigenvalue weighted by atomic mass is 32.2. The molecule has 8 nitrogen and oxygen atoms in total. The van der Waals surface area contributed by atoms with Crippen molar-refractivity contribution in [3.05, 3.63) is 26.6 Å². The second-order valence-corrected chi connectivity index (χ2v) is 11.1. The van der Waals surface area contributed by atoms with Gasteiger partial charge in [0.15, 0.2) is 0 Å². The van der Waals surface area contributed by atoms with Crippen molar-refractivity contribution < 1.29 is 14.3 Å². The maximum atomic E-state index is 12.7. The average Bonchev–Trinajstić information content (AvgIpc) is 3.48. The first-order valence-electron chi connectivity index (χ1n) is 12.0.